The number of ether oxygens (including phenoxy) is 2. The number of halogens is 4. The topological polar surface area (TPSA) is 50.0 Å². The lowest BCUT2D eigenvalue weighted by atomic mass is 10.2. The van der Waals surface area contributed by atoms with E-state index in [0.717, 1.165) is 6.07 Å². The molecule has 0 saturated carbocycles. The molecule has 19 heavy (non-hydrogen) atoms. The Bertz CT molecular complexity index is 653. The van der Waals surface area contributed by atoms with Gasteiger partial charge in [-0.15, -0.1) is 0 Å². The summed E-state index contributed by atoms with van der Waals surface area (Å²) >= 11 is 4.83. The van der Waals surface area contributed by atoms with E-state index in [9.17, 15) is 17.6 Å². The molecular formula is C10H8F4N2O2S. The second kappa shape index (κ2) is 4.72. The van der Waals surface area contributed by atoms with Crippen LogP contribution < -0.4 is 9.47 Å². The molecule has 2 N–H and O–H groups in total. The quantitative estimate of drug-likeness (QED) is 0.671. The average Bonchev–Trinajstić information content (AvgIpc) is 2.66. The SMILES string of the molecule is COc1cc2[nH]c(=S)[nH]c2cc1OC(F)(F)C(F)F. The number of fused-ring (bicyclic) bond motifs is 1. The summed E-state index contributed by atoms with van der Waals surface area (Å²) in [5.41, 5.74) is 0.820. The molecule has 4 nitrogen and oxygen atoms in total. The number of nitrogens with one attached hydrogen (secondary N) is 2. The van der Waals surface area contributed by atoms with Gasteiger partial charge in [0.2, 0.25) is 0 Å². The van der Waals surface area contributed by atoms with Gasteiger partial charge in [-0.05, 0) is 12.2 Å². The number of hydrogen-bond acceptors (Lipinski definition) is 3. The summed E-state index contributed by atoms with van der Waals surface area (Å²) in [4.78, 5) is 5.39. The first kappa shape index (κ1) is 13.7. The summed E-state index contributed by atoms with van der Waals surface area (Å²) in [5.74, 6) is -0.622. The monoisotopic (exact) mass is 296 g/mol. The third-order valence-electron chi connectivity index (χ3n) is 2.30. The van der Waals surface area contributed by atoms with Crippen molar-refractivity contribution in [3.05, 3.63) is 16.9 Å². The molecule has 0 aliphatic carbocycles. The van der Waals surface area contributed by atoms with Gasteiger partial charge < -0.3 is 19.4 Å². The zero-order valence-corrected chi connectivity index (χ0v) is 10.3. The predicted molar refractivity (Wildman–Crippen MR) is 61.6 cm³/mol. The molecule has 104 valence electrons. The van der Waals surface area contributed by atoms with Crippen molar-refractivity contribution in [1.29, 1.82) is 0 Å². The molecule has 1 aromatic heterocycles. The largest absolute Gasteiger partial charge is 0.493 e. The molecule has 1 aromatic carbocycles. The molecule has 0 bridgehead atoms. The highest BCUT2D eigenvalue weighted by molar-refractivity contribution is 7.71. The Labute approximate surface area is 109 Å². The van der Waals surface area contributed by atoms with Gasteiger partial charge in [-0.1, -0.05) is 0 Å². The molecule has 0 aliphatic heterocycles. The van der Waals surface area contributed by atoms with Crippen molar-refractivity contribution in [2.24, 2.45) is 0 Å². The van der Waals surface area contributed by atoms with E-state index in [1.165, 1.54) is 13.2 Å². The first-order valence-corrected chi connectivity index (χ1v) is 5.39. The van der Waals surface area contributed by atoms with E-state index < -0.39 is 18.3 Å². The van der Waals surface area contributed by atoms with Gasteiger partial charge >= 0.3 is 12.5 Å². The molecule has 0 saturated heterocycles. The van der Waals surface area contributed by atoms with E-state index in [2.05, 4.69) is 14.7 Å². The minimum atomic E-state index is -4.60. The van der Waals surface area contributed by atoms with Gasteiger partial charge in [-0.2, -0.15) is 17.6 Å². The van der Waals surface area contributed by atoms with Crippen LogP contribution in [-0.2, 0) is 0 Å². The van der Waals surface area contributed by atoms with Crippen molar-refractivity contribution < 1.29 is 27.0 Å². The van der Waals surface area contributed by atoms with Crippen LogP contribution in [0.1, 0.15) is 0 Å². The Morgan fingerprint density at radius 3 is 2.16 bits per heavy atom. The van der Waals surface area contributed by atoms with E-state index in [0.29, 0.717) is 11.0 Å². The average molecular weight is 296 g/mol. The molecule has 2 aromatic rings. The maximum atomic E-state index is 12.9. The molecule has 0 atom stereocenters. The molecular weight excluding hydrogens is 288 g/mol. The van der Waals surface area contributed by atoms with E-state index in [1.807, 2.05) is 0 Å². The number of imidazole rings is 1. The van der Waals surface area contributed by atoms with Crippen molar-refractivity contribution >= 4 is 23.3 Å². The van der Waals surface area contributed by atoms with E-state index in [-0.39, 0.29) is 10.5 Å². The fourth-order valence-electron chi connectivity index (χ4n) is 1.47. The maximum absolute atomic E-state index is 12.9. The lowest BCUT2D eigenvalue weighted by molar-refractivity contribution is -0.253. The molecule has 0 aliphatic rings. The van der Waals surface area contributed by atoms with Gasteiger partial charge in [0.05, 0.1) is 18.1 Å². The number of rotatable bonds is 4. The van der Waals surface area contributed by atoms with E-state index in [1.54, 1.807) is 0 Å². The molecule has 0 amide bonds. The van der Waals surface area contributed by atoms with Gasteiger partial charge in [0.15, 0.2) is 16.3 Å². The molecule has 0 fully saturated rings. The fourth-order valence-corrected chi connectivity index (χ4v) is 1.69. The van der Waals surface area contributed by atoms with Crippen LogP contribution in [0.2, 0.25) is 0 Å². The molecule has 2 rings (SSSR count). The first-order valence-electron chi connectivity index (χ1n) is 4.98. The van der Waals surface area contributed by atoms with Crippen LogP contribution in [0.3, 0.4) is 0 Å². The van der Waals surface area contributed by atoms with Crippen LogP contribution in [0.5, 0.6) is 11.5 Å². The van der Waals surface area contributed by atoms with Crippen molar-refractivity contribution in [2.75, 3.05) is 7.11 Å². The number of hydrogen-bond donors (Lipinski definition) is 2. The van der Waals surface area contributed by atoms with Gasteiger partial charge in [-0.3, -0.25) is 0 Å². The van der Waals surface area contributed by atoms with Gasteiger partial charge in [0, 0.05) is 12.1 Å². The van der Waals surface area contributed by atoms with Crippen molar-refractivity contribution in [3.63, 3.8) is 0 Å². The fraction of sp³-hybridized carbons (Fsp3) is 0.300. The van der Waals surface area contributed by atoms with E-state index >= 15 is 0 Å². The minimum Gasteiger partial charge on any atom is -0.493 e. The smallest absolute Gasteiger partial charge is 0.461 e. The number of benzene rings is 1. The minimum absolute atomic E-state index is 0.113. The normalized spacial score (nSPS) is 12.1. The molecule has 0 spiro atoms. The number of H-pyrrole nitrogens is 2. The van der Waals surface area contributed by atoms with Crippen LogP contribution in [0, 0.1) is 4.77 Å². The lowest BCUT2D eigenvalue weighted by Crippen LogP contribution is -2.33. The Kier molecular flexibility index (Phi) is 3.40. The third kappa shape index (κ3) is 2.65. The standard InChI is InChI=1S/C10H8F4N2O2S/c1-17-6-2-4-5(16-9(19)15-4)3-7(6)18-10(13,14)8(11)12/h2-3,8H,1H3,(H2,15,16,19). The van der Waals surface area contributed by atoms with Crippen molar-refractivity contribution in [2.45, 2.75) is 12.5 Å². The summed E-state index contributed by atoms with van der Waals surface area (Å²) in [6.45, 7) is 0. The van der Waals surface area contributed by atoms with Gasteiger partial charge in [0.25, 0.3) is 0 Å². The highest BCUT2D eigenvalue weighted by Crippen LogP contribution is 2.36. The summed E-state index contributed by atoms with van der Waals surface area (Å²) in [7, 11) is 1.20. The lowest BCUT2D eigenvalue weighted by Gasteiger charge is -2.18. The number of methoxy groups -OCH3 is 1. The zero-order chi connectivity index (χ0) is 14.2. The Morgan fingerprint density at radius 2 is 1.68 bits per heavy atom. The first-order chi connectivity index (χ1) is 8.83. The van der Waals surface area contributed by atoms with Gasteiger partial charge in [0.1, 0.15) is 0 Å². The zero-order valence-electron chi connectivity index (χ0n) is 9.47. The number of aromatic amines is 2. The summed E-state index contributed by atoms with van der Waals surface area (Å²) in [6, 6.07) is 2.43. The van der Waals surface area contributed by atoms with Crippen LogP contribution in [0.4, 0.5) is 17.6 Å². The summed E-state index contributed by atoms with van der Waals surface area (Å²) in [6.07, 6.45) is -8.55. The van der Waals surface area contributed by atoms with Crippen LogP contribution in [-0.4, -0.2) is 29.6 Å². The van der Waals surface area contributed by atoms with Gasteiger partial charge in [-0.25, -0.2) is 0 Å². The van der Waals surface area contributed by atoms with Crippen LogP contribution in [0.25, 0.3) is 11.0 Å². The van der Waals surface area contributed by atoms with Crippen LogP contribution >= 0.6 is 12.2 Å². The third-order valence-corrected chi connectivity index (χ3v) is 2.50. The molecule has 1 heterocycles. The Morgan fingerprint density at radius 1 is 1.16 bits per heavy atom. The number of alkyl halides is 4. The van der Waals surface area contributed by atoms with Crippen LogP contribution in [0.15, 0.2) is 12.1 Å². The predicted octanol–water partition coefficient (Wildman–Crippen LogP) is 3.47. The summed E-state index contributed by atoms with van der Waals surface area (Å²) in [5, 5.41) is 0. The van der Waals surface area contributed by atoms with Crippen molar-refractivity contribution in [1.82, 2.24) is 9.97 Å². The summed E-state index contributed by atoms with van der Waals surface area (Å²) < 4.78 is 59.1. The molecule has 0 unspecified atom stereocenters. The Hall–Kier alpha value is -1.77. The molecule has 0 radical (unpaired) electrons. The highest BCUT2D eigenvalue weighted by Gasteiger charge is 2.44. The molecule has 9 heteroatoms. The highest BCUT2D eigenvalue weighted by atomic mass is 32.1. The maximum Gasteiger partial charge on any atom is 0.461 e. The second-order valence-electron chi connectivity index (χ2n) is 3.59. The Balaban J connectivity index is 2.49. The van der Waals surface area contributed by atoms with E-state index in [4.69, 9.17) is 17.0 Å². The number of aromatic nitrogens is 2. The second-order valence-corrected chi connectivity index (χ2v) is 4.00. The van der Waals surface area contributed by atoms with Crippen molar-refractivity contribution in [3.8, 4) is 11.5 Å².